The van der Waals surface area contributed by atoms with E-state index in [1.807, 2.05) is 30.3 Å². The molecule has 0 atom stereocenters. The van der Waals surface area contributed by atoms with Crippen LogP contribution in [0.2, 0.25) is 5.02 Å². The molecule has 0 radical (unpaired) electrons. The van der Waals surface area contributed by atoms with E-state index in [0.717, 1.165) is 10.1 Å². The molecular weight excluding hydrogens is 418 g/mol. The number of aromatic nitrogens is 4. The summed E-state index contributed by atoms with van der Waals surface area (Å²) in [5.41, 5.74) is 0.689. The van der Waals surface area contributed by atoms with Gasteiger partial charge in [-0.3, -0.25) is 18.7 Å². The Morgan fingerprint density at radius 2 is 1.77 bits per heavy atom. The fraction of sp³-hybridized carbons (Fsp3) is 0.0909. The number of nitrogens with zero attached hydrogens (tertiary/aromatic N) is 4. The lowest BCUT2D eigenvalue weighted by atomic mass is 10.2. The summed E-state index contributed by atoms with van der Waals surface area (Å²) in [6.45, 7) is -0.141. The summed E-state index contributed by atoms with van der Waals surface area (Å²) in [5.74, 6) is -0.535. The first-order valence-corrected chi connectivity index (χ1v) is 9.83. The monoisotopic (exact) mass is 435 g/mol. The van der Waals surface area contributed by atoms with E-state index in [2.05, 4.69) is 10.4 Å². The highest BCUT2D eigenvalue weighted by Crippen LogP contribution is 2.27. The van der Waals surface area contributed by atoms with Crippen LogP contribution in [0.5, 0.6) is 0 Å². The number of nitrogens with one attached hydrogen (secondary N) is 1. The van der Waals surface area contributed by atoms with Gasteiger partial charge in [-0.1, -0.05) is 48.0 Å². The van der Waals surface area contributed by atoms with Crippen molar-refractivity contribution in [2.24, 2.45) is 0 Å². The highest BCUT2D eigenvalue weighted by molar-refractivity contribution is 6.33. The van der Waals surface area contributed by atoms with Crippen LogP contribution < -0.4 is 16.6 Å². The number of anilines is 1. The third-order valence-electron chi connectivity index (χ3n) is 4.63. The Kier molecular flexibility index (Phi) is 5.81. The van der Waals surface area contributed by atoms with Gasteiger partial charge in [0.15, 0.2) is 0 Å². The molecule has 2 aromatic heterocycles. The number of para-hydroxylation sites is 1. The predicted octanol–water partition coefficient (Wildman–Crippen LogP) is 2.54. The third kappa shape index (κ3) is 4.49. The van der Waals surface area contributed by atoms with Gasteiger partial charge < -0.3 is 5.32 Å². The van der Waals surface area contributed by atoms with Crippen LogP contribution in [0.4, 0.5) is 5.69 Å². The lowest BCUT2D eigenvalue weighted by Gasteiger charge is -2.14. The molecular formula is C22H18ClN5O3. The standard InChI is InChI=1S/C22H18ClN5O3/c23-17-8-4-9-18(21(17)28-12-5-11-24-28)25-19(29)15-27-20(30)10-13-26(22(27)31)14-16-6-2-1-3-7-16/h1-13H,14-15H2,(H,25,29). The van der Waals surface area contributed by atoms with E-state index in [4.69, 9.17) is 11.6 Å². The predicted molar refractivity (Wildman–Crippen MR) is 118 cm³/mol. The number of hydrogen-bond acceptors (Lipinski definition) is 4. The molecule has 0 bridgehead atoms. The maximum atomic E-state index is 12.8. The van der Waals surface area contributed by atoms with Gasteiger partial charge in [0.25, 0.3) is 5.56 Å². The van der Waals surface area contributed by atoms with E-state index in [-0.39, 0.29) is 0 Å². The van der Waals surface area contributed by atoms with Gasteiger partial charge >= 0.3 is 5.69 Å². The lowest BCUT2D eigenvalue weighted by molar-refractivity contribution is -0.116. The zero-order chi connectivity index (χ0) is 21.8. The molecule has 0 unspecified atom stereocenters. The highest BCUT2D eigenvalue weighted by atomic mass is 35.5. The molecule has 0 aliphatic heterocycles. The van der Waals surface area contributed by atoms with E-state index in [1.54, 1.807) is 36.7 Å². The van der Waals surface area contributed by atoms with Crippen molar-refractivity contribution >= 4 is 23.2 Å². The van der Waals surface area contributed by atoms with E-state index in [1.165, 1.54) is 21.5 Å². The molecule has 1 amide bonds. The molecule has 2 aromatic carbocycles. The van der Waals surface area contributed by atoms with Gasteiger partial charge in [0.2, 0.25) is 5.91 Å². The first kappa shape index (κ1) is 20.4. The summed E-state index contributed by atoms with van der Waals surface area (Å²) in [6, 6.07) is 17.4. The molecule has 4 aromatic rings. The zero-order valence-corrected chi connectivity index (χ0v) is 17.1. The van der Waals surface area contributed by atoms with E-state index in [9.17, 15) is 14.4 Å². The summed E-state index contributed by atoms with van der Waals surface area (Å²) in [6.07, 6.45) is 4.72. The van der Waals surface area contributed by atoms with Crippen LogP contribution in [-0.4, -0.2) is 24.8 Å². The van der Waals surface area contributed by atoms with Crippen LogP contribution in [0, 0.1) is 0 Å². The largest absolute Gasteiger partial charge is 0.331 e. The van der Waals surface area contributed by atoms with Crippen LogP contribution >= 0.6 is 11.6 Å². The first-order chi connectivity index (χ1) is 15.0. The Bertz CT molecular complexity index is 1330. The molecule has 0 fully saturated rings. The fourth-order valence-electron chi connectivity index (χ4n) is 3.19. The molecule has 1 N–H and O–H groups in total. The third-order valence-corrected chi connectivity index (χ3v) is 4.94. The van der Waals surface area contributed by atoms with Gasteiger partial charge in [0.05, 0.1) is 17.3 Å². The second-order valence-electron chi connectivity index (χ2n) is 6.77. The molecule has 31 heavy (non-hydrogen) atoms. The average molecular weight is 436 g/mol. The Labute approximate surface area is 182 Å². The first-order valence-electron chi connectivity index (χ1n) is 9.45. The van der Waals surface area contributed by atoms with Gasteiger partial charge in [0.1, 0.15) is 12.2 Å². The van der Waals surface area contributed by atoms with Crippen LogP contribution in [0.3, 0.4) is 0 Å². The SMILES string of the molecule is O=C(Cn1c(=O)ccn(Cc2ccccc2)c1=O)Nc1cccc(Cl)c1-n1cccn1. The number of carbonyl (C=O) groups is 1. The van der Waals surface area contributed by atoms with Gasteiger partial charge in [-0.05, 0) is 23.8 Å². The van der Waals surface area contributed by atoms with Crippen molar-refractivity contribution in [3.05, 3.63) is 111 Å². The number of hydrogen-bond donors (Lipinski definition) is 1. The molecule has 0 aliphatic rings. The lowest BCUT2D eigenvalue weighted by Crippen LogP contribution is -2.41. The van der Waals surface area contributed by atoms with E-state index >= 15 is 0 Å². The van der Waals surface area contributed by atoms with Crippen molar-refractivity contribution in [2.45, 2.75) is 13.1 Å². The second kappa shape index (κ2) is 8.85. The van der Waals surface area contributed by atoms with Crippen LogP contribution in [0.25, 0.3) is 5.69 Å². The summed E-state index contributed by atoms with van der Waals surface area (Å²) >= 11 is 6.29. The summed E-state index contributed by atoms with van der Waals surface area (Å²) in [7, 11) is 0. The minimum absolute atomic E-state index is 0.291. The highest BCUT2D eigenvalue weighted by Gasteiger charge is 2.15. The van der Waals surface area contributed by atoms with Crippen LogP contribution in [0.15, 0.2) is 88.8 Å². The maximum Gasteiger partial charge on any atom is 0.331 e. The average Bonchev–Trinajstić information content (AvgIpc) is 3.28. The quantitative estimate of drug-likeness (QED) is 0.504. The zero-order valence-electron chi connectivity index (χ0n) is 16.3. The van der Waals surface area contributed by atoms with Crippen molar-refractivity contribution in [1.82, 2.24) is 18.9 Å². The Morgan fingerprint density at radius 1 is 0.968 bits per heavy atom. The molecule has 0 saturated heterocycles. The van der Waals surface area contributed by atoms with Crippen molar-refractivity contribution in [1.29, 1.82) is 0 Å². The minimum Gasteiger partial charge on any atom is -0.323 e. The summed E-state index contributed by atoms with van der Waals surface area (Å²) in [4.78, 5) is 37.8. The normalized spacial score (nSPS) is 10.7. The molecule has 0 aliphatic carbocycles. The number of carbonyl (C=O) groups excluding carboxylic acids is 1. The van der Waals surface area contributed by atoms with Gasteiger partial charge in [-0.2, -0.15) is 5.10 Å². The summed E-state index contributed by atoms with van der Waals surface area (Å²) in [5, 5.41) is 7.26. The van der Waals surface area contributed by atoms with Gasteiger partial charge in [-0.15, -0.1) is 0 Å². The molecule has 4 rings (SSSR count). The molecule has 156 valence electrons. The molecule has 0 spiro atoms. The number of amides is 1. The Balaban J connectivity index is 1.59. The summed E-state index contributed by atoms with van der Waals surface area (Å²) < 4.78 is 3.81. The van der Waals surface area contributed by atoms with Crippen molar-refractivity contribution < 1.29 is 4.79 Å². The van der Waals surface area contributed by atoms with Crippen molar-refractivity contribution in [3.8, 4) is 5.69 Å². The van der Waals surface area contributed by atoms with E-state index in [0.29, 0.717) is 22.9 Å². The number of rotatable bonds is 6. The van der Waals surface area contributed by atoms with Gasteiger partial charge in [-0.25, -0.2) is 9.48 Å². The molecule has 2 heterocycles. The number of halogens is 1. The fourth-order valence-corrected chi connectivity index (χ4v) is 3.45. The molecule has 0 saturated carbocycles. The smallest absolute Gasteiger partial charge is 0.323 e. The Hall–Kier alpha value is -3.91. The second-order valence-corrected chi connectivity index (χ2v) is 7.18. The van der Waals surface area contributed by atoms with Crippen molar-refractivity contribution in [2.75, 3.05) is 5.32 Å². The molecule has 9 heteroatoms. The topological polar surface area (TPSA) is 90.9 Å². The van der Waals surface area contributed by atoms with Crippen molar-refractivity contribution in [3.63, 3.8) is 0 Å². The van der Waals surface area contributed by atoms with Gasteiger partial charge in [0, 0.05) is 24.7 Å². The minimum atomic E-state index is -0.565. The van der Waals surface area contributed by atoms with Crippen LogP contribution in [0.1, 0.15) is 5.56 Å². The molecule has 8 nitrogen and oxygen atoms in total. The maximum absolute atomic E-state index is 12.8. The van der Waals surface area contributed by atoms with E-state index < -0.39 is 23.7 Å². The van der Waals surface area contributed by atoms with Crippen LogP contribution in [-0.2, 0) is 17.9 Å². The Morgan fingerprint density at radius 3 is 2.52 bits per heavy atom. The number of benzene rings is 2.